The zero-order valence-electron chi connectivity index (χ0n) is 18.1. The minimum Gasteiger partial charge on any atom is -0.494 e. The Morgan fingerprint density at radius 3 is 1.80 bits per heavy atom. The molecule has 0 spiro atoms. The van der Waals surface area contributed by atoms with Crippen LogP contribution in [0.25, 0.3) is 0 Å². The van der Waals surface area contributed by atoms with E-state index in [1.54, 1.807) is 0 Å². The molecule has 5 nitrogen and oxygen atoms in total. The summed E-state index contributed by atoms with van der Waals surface area (Å²) in [7, 11) is 0. The molecule has 0 aromatic heterocycles. The van der Waals surface area contributed by atoms with Crippen molar-refractivity contribution in [2.24, 2.45) is 10.2 Å². The first-order chi connectivity index (χ1) is 14.7. The van der Waals surface area contributed by atoms with Crippen molar-refractivity contribution in [1.29, 1.82) is 0 Å². The standard InChI is InChI=1S/C25H34N2O3/c1-2-21-12-14-22(15-13-21)26-27-23-16-18-24(19-17-23)30-20-10-8-6-4-3-5-7-9-11-25(28)29/h12-19H,2-11,20H2,1H3,(H,28,29). The average molecular weight is 411 g/mol. The van der Waals surface area contributed by atoms with E-state index >= 15 is 0 Å². The van der Waals surface area contributed by atoms with Gasteiger partial charge >= 0.3 is 5.97 Å². The highest BCUT2D eigenvalue weighted by molar-refractivity contribution is 5.66. The van der Waals surface area contributed by atoms with Crippen LogP contribution in [0.5, 0.6) is 5.75 Å². The number of hydrogen-bond donors (Lipinski definition) is 1. The molecular weight excluding hydrogens is 376 g/mol. The Labute approximate surface area is 180 Å². The van der Waals surface area contributed by atoms with E-state index in [2.05, 4.69) is 29.3 Å². The Kier molecular flexibility index (Phi) is 11.3. The summed E-state index contributed by atoms with van der Waals surface area (Å²) in [6, 6.07) is 15.8. The number of carboxylic acid groups (broad SMARTS) is 1. The smallest absolute Gasteiger partial charge is 0.303 e. The molecule has 2 rings (SSSR count). The number of aliphatic carboxylic acids is 1. The number of ether oxygens (including phenoxy) is 1. The van der Waals surface area contributed by atoms with Gasteiger partial charge in [-0.25, -0.2) is 0 Å². The first-order valence-electron chi connectivity index (χ1n) is 11.1. The molecule has 0 aliphatic carbocycles. The van der Waals surface area contributed by atoms with Gasteiger partial charge in [0.2, 0.25) is 0 Å². The molecule has 30 heavy (non-hydrogen) atoms. The molecule has 0 radical (unpaired) electrons. The minimum atomic E-state index is -0.688. The van der Waals surface area contributed by atoms with E-state index in [1.807, 2.05) is 36.4 Å². The Morgan fingerprint density at radius 1 is 0.767 bits per heavy atom. The first-order valence-corrected chi connectivity index (χ1v) is 11.1. The number of hydrogen-bond acceptors (Lipinski definition) is 4. The zero-order chi connectivity index (χ0) is 21.4. The molecule has 2 aromatic rings. The van der Waals surface area contributed by atoms with Crippen LogP contribution in [0.1, 0.15) is 70.3 Å². The highest BCUT2D eigenvalue weighted by Gasteiger charge is 1.98. The summed E-state index contributed by atoms with van der Waals surface area (Å²) in [4.78, 5) is 10.4. The van der Waals surface area contributed by atoms with E-state index in [0.29, 0.717) is 6.42 Å². The molecular formula is C25H34N2O3. The van der Waals surface area contributed by atoms with Crippen molar-refractivity contribution in [1.82, 2.24) is 0 Å². The maximum atomic E-state index is 10.4. The molecule has 0 heterocycles. The molecule has 0 saturated heterocycles. The van der Waals surface area contributed by atoms with Crippen LogP contribution in [-0.2, 0) is 11.2 Å². The van der Waals surface area contributed by atoms with Crippen molar-refractivity contribution in [2.45, 2.75) is 71.1 Å². The maximum Gasteiger partial charge on any atom is 0.303 e. The van der Waals surface area contributed by atoms with Gasteiger partial charge in [-0.05, 0) is 61.2 Å². The van der Waals surface area contributed by atoms with Gasteiger partial charge in [-0.3, -0.25) is 4.79 Å². The highest BCUT2D eigenvalue weighted by Crippen LogP contribution is 2.22. The fourth-order valence-corrected chi connectivity index (χ4v) is 3.15. The zero-order valence-corrected chi connectivity index (χ0v) is 18.1. The van der Waals surface area contributed by atoms with Gasteiger partial charge in [-0.15, -0.1) is 0 Å². The van der Waals surface area contributed by atoms with Crippen molar-refractivity contribution in [3.63, 3.8) is 0 Å². The van der Waals surface area contributed by atoms with Crippen molar-refractivity contribution < 1.29 is 14.6 Å². The van der Waals surface area contributed by atoms with E-state index in [0.717, 1.165) is 62.3 Å². The molecule has 2 aromatic carbocycles. The maximum absolute atomic E-state index is 10.4. The average Bonchev–Trinajstić information content (AvgIpc) is 2.77. The molecule has 5 heteroatoms. The fourth-order valence-electron chi connectivity index (χ4n) is 3.15. The highest BCUT2D eigenvalue weighted by atomic mass is 16.5. The van der Waals surface area contributed by atoms with Crippen LogP contribution in [0.2, 0.25) is 0 Å². The van der Waals surface area contributed by atoms with Crippen molar-refractivity contribution in [2.75, 3.05) is 6.61 Å². The quantitative estimate of drug-likeness (QED) is 0.242. The second-order valence-corrected chi connectivity index (χ2v) is 7.53. The van der Waals surface area contributed by atoms with Crippen LogP contribution in [0.15, 0.2) is 58.8 Å². The van der Waals surface area contributed by atoms with Gasteiger partial charge in [0.25, 0.3) is 0 Å². The number of nitrogens with zero attached hydrogens (tertiary/aromatic N) is 2. The molecule has 0 bridgehead atoms. The first kappa shape index (κ1) is 23.6. The van der Waals surface area contributed by atoms with Gasteiger partial charge in [0.05, 0.1) is 18.0 Å². The molecule has 0 unspecified atom stereocenters. The van der Waals surface area contributed by atoms with Gasteiger partial charge in [-0.1, -0.05) is 57.6 Å². The predicted molar refractivity (Wildman–Crippen MR) is 121 cm³/mol. The third kappa shape index (κ3) is 10.2. The molecule has 0 atom stereocenters. The Bertz CT molecular complexity index is 755. The summed E-state index contributed by atoms with van der Waals surface area (Å²) in [5, 5.41) is 17.1. The van der Waals surface area contributed by atoms with Crippen molar-refractivity contribution >= 4 is 17.3 Å². The topological polar surface area (TPSA) is 71.2 Å². The summed E-state index contributed by atoms with van der Waals surface area (Å²) in [5.74, 6) is 0.173. The Balaban J connectivity index is 1.54. The predicted octanol–water partition coefficient (Wildman–Crippen LogP) is 7.64. The number of aryl methyl sites for hydroxylation is 1. The molecule has 0 aliphatic rings. The molecule has 1 N–H and O–H groups in total. The van der Waals surface area contributed by atoms with Crippen LogP contribution in [0.4, 0.5) is 11.4 Å². The second-order valence-electron chi connectivity index (χ2n) is 7.53. The molecule has 0 aliphatic heterocycles. The summed E-state index contributed by atoms with van der Waals surface area (Å²) in [5.41, 5.74) is 2.96. The van der Waals surface area contributed by atoms with Crippen LogP contribution >= 0.6 is 0 Å². The largest absolute Gasteiger partial charge is 0.494 e. The third-order valence-electron chi connectivity index (χ3n) is 5.02. The number of benzene rings is 2. The van der Waals surface area contributed by atoms with Crippen molar-refractivity contribution in [3.8, 4) is 5.75 Å². The molecule has 0 amide bonds. The van der Waals surface area contributed by atoms with Crippen molar-refractivity contribution in [3.05, 3.63) is 54.1 Å². The van der Waals surface area contributed by atoms with E-state index in [1.165, 1.54) is 24.8 Å². The van der Waals surface area contributed by atoms with Gasteiger partial charge in [0, 0.05) is 6.42 Å². The van der Waals surface area contributed by atoms with Gasteiger partial charge in [0.1, 0.15) is 5.75 Å². The monoisotopic (exact) mass is 410 g/mol. The fraction of sp³-hybridized carbons (Fsp3) is 0.480. The number of rotatable bonds is 15. The summed E-state index contributed by atoms with van der Waals surface area (Å²) >= 11 is 0. The second kappa shape index (κ2) is 14.3. The summed E-state index contributed by atoms with van der Waals surface area (Å²) in [6.07, 6.45) is 10.1. The van der Waals surface area contributed by atoms with Gasteiger partial charge in [0.15, 0.2) is 0 Å². The van der Waals surface area contributed by atoms with E-state index < -0.39 is 5.97 Å². The van der Waals surface area contributed by atoms with E-state index in [-0.39, 0.29) is 0 Å². The lowest BCUT2D eigenvalue weighted by atomic mass is 10.1. The van der Waals surface area contributed by atoms with Crippen LogP contribution in [-0.4, -0.2) is 17.7 Å². The van der Waals surface area contributed by atoms with Gasteiger partial charge in [-0.2, -0.15) is 10.2 Å². The van der Waals surface area contributed by atoms with Crippen LogP contribution in [0.3, 0.4) is 0 Å². The Morgan fingerprint density at radius 2 is 1.27 bits per heavy atom. The number of carboxylic acids is 1. The Hall–Kier alpha value is -2.69. The van der Waals surface area contributed by atoms with Crippen LogP contribution in [0, 0.1) is 0 Å². The lowest BCUT2D eigenvalue weighted by Gasteiger charge is -2.06. The number of azo groups is 1. The van der Waals surface area contributed by atoms with Crippen LogP contribution < -0.4 is 4.74 Å². The lowest BCUT2D eigenvalue weighted by Crippen LogP contribution is -1.97. The minimum absolute atomic E-state index is 0.300. The third-order valence-corrected chi connectivity index (χ3v) is 5.02. The van der Waals surface area contributed by atoms with E-state index in [4.69, 9.17) is 9.84 Å². The molecule has 162 valence electrons. The molecule has 0 saturated carbocycles. The normalized spacial score (nSPS) is 11.1. The number of unbranched alkanes of at least 4 members (excludes halogenated alkanes) is 7. The summed E-state index contributed by atoms with van der Waals surface area (Å²) in [6.45, 7) is 2.86. The van der Waals surface area contributed by atoms with E-state index in [9.17, 15) is 4.79 Å². The summed E-state index contributed by atoms with van der Waals surface area (Å²) < 4.78 is 5.80. The SMILES string of the molecule is CCc1ccc(N=Nc2ccc(OCCCCCCCCCCC(=O)O)cc2)cc1. The molecule has 0 fully saturated rings. The van der Waals surface area contributed by atoms with Gasteiger partial charge < -0.3 is 9.84 Å². The lowest BCUT2D eigenvalue weighted by molar-refractivity contribution is -0.137. The number of carbonyl (C=O) groups is 1.